The third-order valence-electron chi connectivity index (χ3n) is 4.97. The van der Waals surface area contributed by atoms with Crippen LogP contribution in [0.1, 0.15) is 30.2 Å². The van der Waals surface area contributed by atoms with Gasteiger partial charge in [0.15, 0.2) is 0 Å². The van der Waals surface area contributed by atoms with E-state index < -0.39 is 0 Å². The summed E-state index contributed by atoms with van der Waals surface area (Å²) >= 11 is 0. The van der Waals surface area contributed by atoms with Crippen LogP contribution in [0.25, 0.3) is 11.4 Å². The number of hydrogen-bond acceptors (Lipinski definition) is 4. The highest BCUT2D eigenvalue weighted by Gasteiger charge is 2.29. The smallest absolute Gasteiger partial charge is 0.231 e. The number of nitrogens with zero attached hydrogens (tertiary/aromatic N) is 3. The predicted octanol–water partition coefficient (Wildman–Crippen LogP) is 3.96. The zero-order chi connectivity index (χ0) is 19.5. The van der Waals surface area contributed by atoms with Gasteiger partial charge < -0.3 is 9.42 Å². The van der Waals surface area contributed by atoms with Gasteiger partial charge in [-0.05, 0) is 48.7 Å². The van der Waals surface area contributed by atoms with Crippen molar-refractivity contribution in [2.45, 2.75) is 25.2 Å². The highest BCUT2D eigenvalue weighted by atomic mass is 19.1. The van der Waals surface area contributed by atoms with E-state index in [-0.39, 0.29) is 29.9 Å². The molecule has 2 aromatic carbocycles. The summed E-state index contributed by atoms with van der Waals surface area (Å²) in [5.41, 5.74) is 1.06. The summed E-state index contributed by atoms with van der Waals surface area (Å²) in [6, 6.07) is 12.2. The number of likely N-dealkylation sites (tertiary alicyclic amines) is 1. The van der Waals surface area contributed by atoms with E-state index in [4.69, 9.17) is 4.52 Å². The second kappa shape index (κ2) is 7.88. The summed E-state index contributed by atoms with van der Waals surface area (Å²) in [6.07, 6.45) is 1.67. The highest BCUT2D eigenvalue weighted by molar-refractivity contribution is 5.79. The fraction of sp³-hybridized carbons (Fsp3) is 0.286. The molecule has 5 nitrogen and oxygen atoms in total. The molecule has 0 aliphatic carbocycles. The fourth-order valence-corrected chi connectivity index (χ4v) is 3.44. The Labute approximate surface area is 161 Å². The summed E-state index contributed by atoms with van der Waals surface area (Å²) < 4.78 is 32.3. The minimum atomic E-state index is -0.370. The number of carbonyl (C=O) groups excluding carboxylic acids is 1. The number of carbonyl (C=O) groups is 1. The highest BCUT2D eigenvalue weighted by Crippen LogP contribution is 2.28. The Hall–Kier alpha value is -3.09. The number of piperidine rings is 1. The molecule has 3 aromatic rings. The van der Waals surface area contributed by atoms with Gasteiger partial charge in [-0.1, -0.05) is 23.4 Å². The van der Waals surface area contributed by atoms with Gasteiger partial charge in [0.25, 0.3) is 0 Å². The van der Waals surface area contributed by atoms with Gasteiger partial charge in [-0.15, -0.1) is 0 Å². The molecule has 0 spiro atoms. The topological polar surface area (TPSA) is 59.2 Å². The lowest BCUT2D eigenvalue weighted by Gasteiger charge is -2.31. The minimum Gasteiger partial charge on any atom is -0.342 e. The van der Waals surface area contributed by atoms with E-state index in [1.165, 1.54) is 18.2 Å². The first-order valence-electron chi connectivity index (χ1n) is 9.21. The summed E-state index contributed by atoms with van der Waals surface area (Å²) in [6.45, 7) is 1.08. The van der Waals surface area contributed by atoms with E-state index in [9.17, 15) is 13.6 Å². The van der Waals surface area contributed by atoms with E-state index in [0.717, 1.165) is 12.8 Å². The molecule has 1 atom stereocenters. The van der Waals surface area contributed by atoms with Crippen molar-refractivity contribution >= 4 is 5.91 Å². The van der Waals surface area contributed by atoms with E-state index >= 15 is 0 Å². The van der Waals surface area contributed by atoms with Crippen LogP contribution in [0.4, 0.5) is 8.78 Å². The van der Waals surface area contributed by atoms with Crippen LogP contribution in [-0.2, 0) is 11.2 Å². The first-order valence-corrected chi connectivity index (χ1v) is 9.21. The maximum absolute atomic E-state index is 13.8. The summed E-state index contributed by atoms with van der Waals surface area (Å²) in [4.78, 5) is 18.8. The molecule has 0 bridgehead atoms. The second-order valence-electron chi connectivity index (χ2n) is 6.91. The predicted molar refractivity (Wildman–Crippen MR) is 98.4 cm³/mol. The quantitative estimate of drug-likeness (QED) is 0.684. The van der Waals surface area contributed by atoms with Crippen LogP contribution in [0.5, 0.6) is 0 Å². The Morgan fingerprint density at radius 3 is 2.71 bits per heavy atom. The van der Waals surface area contributed by atoms with E-state index in [0.29, 0.717) is 35.9 Å². The molecular weight excluding hydrogens is 364 g/mol. The van der Waals surface area contributed by atoms with E-state index in [1.807, 2.05) is 0 Å². The van der Waals surface area contributed by atoms with Crippen molar-refractivity contribution in [3.8, 4) is 11.4 Å². The SMILES string of the molecule is O=C(Cc1ccccc1F)N1CCC[C@@H](c2nc(-c3ccc(F)cc3)no2)C1. The van der Waals surface area contributed by atoms with Crippen LogP contribution in [0.15, 0.2) is 53.1 Å². The minimum absolute atomic E-state index is 0.0318. The third kappa shape index (κ3) is 3.93. The van der Waals surface area contributed by atoms with Crippen LogP contribution in [0.2, 0.25) is 0 Å². The molecule has 1 amide bonds. The van der Waals surface area contributed by atoms with Crippen molar-refractivity contribution in [1.82, 2.24) is 15.0 Å². The molecule has 7 heteroatoms. The van der Waals surface area contributed by atoms with Crippen molar-refractivity contribution < 1.29 is 18.1 Å². The van der Waals surface area contributed by atoms with Gasteiger partial charge in [0.1, 0.15) is 11.6 Å². The standard InChI is InChI=1S/C21H19F2N3O2/c22-17-9-7-14(8-10-17)20-24-21(28-25-20)16-5-3-11-26(13-16)19(27)12-15-4-1-2-6-18(15)23/h1-2,4,6-10,16H,3,5,11-13H2/t16-/m1/s1. The molecule has 144 valence electrons. The molecule has 1 saturated heterocycles. The Morgan fingerprint density at radius 2 is 1.93 bits per heavy atom. The average Bonchev–Trinajstić information content (AvgIpc) is 3.21. The van der Waals surface area contributed by atoms with Crippen molar-refractivity contribution in [2.75, 3.05) is 13.1 Å². The largest absolute Gasteiger partial charge is 0.342 e. The molecule has 1 aliphatic heterocycles. The van der Waals surface area contributed by atoms with Crippen LogP contribution >= 0.6 is 0 Å². The average molecular weight is 383 g/mol. The molecule has 1 aliphatic rings. The molecule has 4 rings (SSSR count). The monoisotopic (exact) mass is 383 g/mol. The summed E-state index contributed by atoms with van der Waals surface area (Å²) in [7, 11) is 0. The van der Waals surface area contributed by atoms with Gasteiger partial charge in [0.2, 0.25) is 17.6 Å². The van der Waals surface area contributed by atoms with Crippen molar-refractivity contribution in [3.63, 3.8) is 0 Å². The number of amides is 1. The maximum Gasteiger partial charge on any atom is 0.231 e. The van der Waals surface area contributed by atoms with Gasteiger partial charge in [-0.2, -0.15) is 4.98 Å². The number of aromatic nitrogens is 2. The van der Waals surface area contributed by atoms with Gasteiger partial charge in [0, 0.05) is 18.7 Å². The van der Waals surface area contributed by atoms with Crippen LogP contribution in [-0.4, -0.2) is 34.0 Å². The van der Waals surface area contributed by atoms with Crippen LogP contribution < -0.4 is 0 Å². The second-order valence-corrected chi connectivity index (χ2v) is 6.91. The number of benzene rings is 2. The summed E-state index contributed by atoms with van der Waals surface area (Å²) in [5, 5.41) is 3.98. The zero-order valence-corrected chi connectivity index (χ0v) is 15.1. The normalized spacial score (nSPS) is 16.9. The van der Waals surface area contributed by atoms with Gasteiger partial charge in [0.05, 0.1) is 12.3 Å². The molecule has 2 heterocycles. The van der Waals surface area contributed by atoms with Crippen LogP contribution in [0, 0.1) is 11.6 Å². The molecule has 1 aromatic heterocycles. The van der Waals surface area contributed by atoms with Crippen LogP contribution in [0.3, 0.4) is 0 Å². The molecule has 0 saturated carbocycles. The van der Waals surface area contributed by atoms with Crippen molar-refractivity contribution in [3.05, 3.63) is 71.6 Å². The van der Waals surface area contributed by atoms with Crippen molar-refractivity contribution in [2.24, 2.45) is 0 Å². The molecule has 0 radical (unpaired) electrons. The van der Waals surface area contributed by atoms with Gasteiger partial charge in [-0.25, -0.2) is 8.78 Å². The lowest BCUT2D eigenvalue weighted by atomic mass is 9.97. The molecule has 1 fully saturated rings. The Balaban J connectivity index is 1.44. The van der Waals surface area contributed by atoms with E-state index in [1.54, 1.807) is 35.2 Å². The zero-order valence-electron chi connectivity index (χ0n) is 15.1. The molecule has 0 N–H and O–H groups in total. The molecular formula is C21H19F2N3O2. The maximum atomic E-state index is 13.8. The Morgan fingerprint density at radius 1 is 1.14 bits per heavy atom. The number of rotatable bonds is 4. The fourth-order valence-electron chi connectivity index (χ4n) is 3.44. The van der Waals surface area contributed by atoms with Crippen molar-refractivity contribution in [1.29, 1.82) is 0 Å². The van der Waals surface area contributed by atoms with Gasteiger partial charge >= 0.3 is 0 Å². The lowest BCUT2D eigenvalue weighted by molar-refractivity contribution is -0.131. The van der Waals surface area contributed by atoms with E-state index in [2.05, 4.69) is 10.1 Å². The Bertz CT molecular complexity index is 972. The number of hydrogen-bond donors (Lipinski definition) is 0. The first kappa shape index (κ1) is 18.3. The molecule has 28 heavy (non-hydrogen) atoms. The summed E-state index contributed by atoms with van der Waals surface area (Å²) in [5.74, 6) is -0.0328. The molecule has 0 unspecified atom stereocenters. The third-order valence-corrected chi connectivity index (χ3v) is 4.97. The first-order chi connectivity index (χ1) is 13.6. The number of halogens is 2. The lowest BCUT2D eigenvalue weighted by Crippen LogP contribution is -2.40. The van der Waals surface area contributed by atoms with Gasteiger partial charge in [-0.3, -0.25) is 4.79 Å². The Kier molecular flexibility index (Phi) is 5.14.